The number of carbonyl (C=O) groups is 3. The lowest BCUT2D eigenvalue weighted by Crippen LogP contribution is -2.61. The highest BCUT2D eigenvalue weighted by Gasteiger charge is 2.37. The lowest BCUT2D eigenvalue weighted by atomic mass is 9.84. The van der Waals surface area contributed by atoms with E-state index in [-0.39, 0.29) is 31.1 Å². The van der Waals surface area contributed by atoms with Gasteiger partial charge in [0.05, 0.1) is 17.5 Å². The van der Waals surface area contributed by atoms with Crippen LogP contribution < -0.4 is 10.7 Å². The maximum absolute atomic E-state index is 14.6. The third-order valence-corrected chi connectivity index (χ3v) is 10.2. The molecule has 5 rings (SSSR count). The number of amides is 2. The molecule has 14 heteroatoms. The summed E-state index contributed by atoms with van der Waals surface area (Å²) in [7, 11) is 1.63. The van der Waals surface area contributed by atoms with Crippen LogP contribution in [0.15, 0.2) is 54.7 Å². The van der Waals surface area contributed by atoms with E-state index in [4.69, 9.17) is 14.5 Å². The lowest BCUT2D eigenvalue weighted by molar-refractivity contribution is -0.156. The number of fused-ring (bicyclic) bond motifs is 1. The van der Waals surface area contributed by atoms with Crippen molar-refractivity contribution in [3.8, 4) is 22.4 Å². The number of ether oxygens (including phenoxy) is 2. The van der Waals surface area contributed by atoms with Crippen molar-refractivity contribution in [2.75, 3.05) is 20.3 Å². The van der Waals surface area contributed by atoms with Gasteiger partial charge in [-0.15, -0.1) is 0 Å². The molecule has 2 aromatic carbocycles. The fourth-order valence-electron chi connectivity index (χ4n) is 7.39. The SMILES string of the molecule is CCn1c(-c2cccnc2[C@H](C)OC)c(CC(C)(C)CO)c2cc(-c3cc(CC(NC(=O)OC(C)(C)C)C(=O)N4NCCCC4C(=O)O)cc(C(F)F)c3)ccc21. The minimum Gasteiger partial charge on any atom is -0.480 e. The van der Waals surface area contributed by atoms with Crippen molar-refractivity contribution in [1.82, 2.24) is 25.3 Å². The molecule has 1 aliphatic heterocycles. The predicted octanol–water partition coefficient (Wildman–Crippen LogP) is 7.61. The molecule has 1 aliphatic rings. The van der Waals surface area contributed by atoms with E-state index in [2.05, 4.69) is 15.3 Å². The van der Waals surface area contributed by atoms with Crippen LogP contribution in [0.5, 0.6) is 0 Å². The van der Waals surface area contributed by atoms with Crippen molar-refractivity contribution in [1.29, 1.82) is 0 Å². The number of nitrogens with zero attached hydrogens (tertiary/aromatic N) is 3. The van der Waals surface area contributed by atoms with Gasteiger partial charge in [0.1, 0.15) is 17.7 Å². The quantitative estimate of drug-likeness (QED) is 0.101. The third kappa shape index (κ3) is 9.97. The Morgan fingerprint density at radius 3 is 2.44 bits per heavy atom. The maximum Gasteiger partial charge on any atom is 0.408 e. The highest BCUT2D eigenvalue weighted by Crippen LogP contribution is 2.42. The van der Waals surface area contributed by atoms with Crippen LogP contribution in [0.4, 0.5) is 13.6 Å². The largest absolute Gasteiger partial charge is 0.480 e. The summed E-state index contributed by atoms with van der Waals surface area (Å²) in [4.78, 5) is 43.9. The molecule has 0 spiro atoms. The molecule has 1 fully saturated rings. The number of halogens is 2. The Balaban J connectivity index is 1.66. The van der Waals surface area contributed by atoms with Crippen LogP contribution in [0.3, 0.4) is 0 Å². The van der Waals surface area contributed by atoms with Gasteiger partial charge in [-0.05, 0) is 112 Å². The molecule has 308 valence electrons. The number of carboxylic acids is 1. The Labute approximate surface area is 332 Å². The molecule has 4 aromatic rings. The molecule has 3 atom stereocenters. The zero-order valence-electron chi connectivity index (χ0n) is 34.0. The second kappa shape index (κ2) is 17.7. The maximum atomic E-state index is 14.6. The van der Waals surface area contributed by atoms with Gasteiger partial charge in [0.15, 0.2) is 0 Å². The van der Waals surface area contributed by atoms with Gasteiger partial charge in [0, 0.05) is 61.5 Å². The molecule has 2 aromatic heterocycles. The van der Waals surface area contributed by atoms with Gasteiger partial charge in [-0.2, -0.15) is 0 Å². The third-order valence-electron chi connectivity index (χ3n) is 10.2. The molecule has 57 heavy (non-hydrogen) atoms. The average molecular weight is 792 g/mol. The number of aliphatic hydroxyl groups is 1. The van der Waals surface area contributed by atoms with E-state index < -0.39 is 47.5 Å². The number of rotatable bonds is 14. The van der Waals surface area contributed by atoms with E-state index in [1.54, 1.807) is 40.1 Å². The Bertz CT molecular complexity index is 2090. The number of methoxy groups -OCH3 is 1. The number of aromatic nitrogens is 2. The second-order valence-electron chi connectivity index (χ2n) is 16.4. The van der Waals surface area contributed by atoms with Crippen LogP contribution in [-0.2, 0) is 38.4 Å². The second-order valence-corrected chi connectivity index (χ2v) is 16.4. The fraction of sp³-hybridized carbons (Fsp3) is 0.488. The Kier molecular flexibility index (Phi) is 13.4. The summed E-state index contributed by atoms with van der Waals surface area (Å²) < 4.78 is 42.6. The summed E-state index contributed by atoms with van der Waals surface area (Å²) in [5.74, 6) is -1.95. The predicted molar refractivity (Wildman–Crippen MR) is 214 cm³/mol. The summed E-state index contributed by atoms with van der Waals surface area (Å²) in [5.41, 5.74) is 7.01. The first-order valence-electron chi connectivity index (χ1n) is 19.3. The number of alkyl halides is 2. The number of nitrogens with one attached hydrogen (secondary N) is 2. The van der Waals surface area contributed by atoms with Gasteiger partial charge in [0.25, 0.3) is 12.3 Å². The summed E-state index contributed by atoms with van der Waals surface area (Å²) in [6, 6.07) is 11.6. The van der Waals surface area contributed by atoms with E-state index in [9.17, 15) is 33.4 Å². The molecule has 3 heterocycles. The van der Waals surface area contributed by atoms with E-state index in [1.165, 1.54) is 12.1 Å². The molecule has 0 radical (unpaired) electrons. The van der Waals surface area contributed by atoms with Crippen LogP contribution in [0.25, 0.3) is 33.3 Å². The summed E-state index contributed by atoms with van der Waals surface area (Å²) in [6.07, 6.45) is -1.37. The van der Waals surface area contributed by atoms with Gasteiger partial charge in [0.2, 0.25) is 0 Å². The minimum atomic E-state index is -2.86. The Hall–Kier alpha value is -4.92. The average Bonchev–Trinajstić information content (AvgIpc) is 3.47. The smallest absolute Gasteiger partial charge is 0.408 e. The van der Waals surface area contributed by atoms with Gasteiger partial charge in [-0.3, -0.25) is 14.8 Å². The van der Waals surface area contributed by atoms with Crippen molar-refractivity contribution in [3.63, 3.8) is 0 Å². The summed E-state index contributed by atoms with van der Waals surface area (Å²) >= 11 is 0. The number of aliphatic carboxylic acids is 1. The first-order valence-corrected chi connectivity index (χ1v) is 19.3. The number of hydrogen-bond acceptors (Lipinski definition) is 8. The monoisotopic (exact) mass is 791 g/mol. The number of carboxylic acid groups (broad SMARTS) is 1. The zero-order chi connectivity index (χ0) is 41.8. The van der Waals surface area contributed by atoms with Crippen LogP contribution in [0.2, 0.25) is 0 Å². The highest BCUT2D eigenvalue weighted by molar-refractivity contribution is 5.95. The van der Waals surface area contributed by atoms with Crippen molar-refractivity contribution in [2.45, 2.75) is 111 Å². The van der Waals surface area contributed by atoms with Crippen LogP contribution in [0, 0.1) is 5.41 Å². The number of pyridine rings is 1. The normalized spacial score (nSPS) is 16.1. The molecule has 2 unspecified atom stereocenters. The van der Waals surface area contributed by atoms with Gasteiger partial charge in [-0.25, -0.2) is 23.8 Å². The summed E-state index contributed by atoms with van der Waals surface area (Å²) in [5, 5.41) is 24.8. The Morgan fingerprint density at radius 2 is 1.81 bits per heavy atom. The van der Waals surface area contributed by atoms with E-state index in [0.717, 1.165) is 38.4 Å². The number of hydrogen-bond donors (Lipinski definition) is 4. The molecular formula is C43H55F2N5O7. The van der Waals surface area contributed by atoms with E-state index in [1.807, 2.05) is 58.0 Å². The van der Waals surface area contributed by atoms with Gasteiger partial charge < -0.3 is 29.6 Å². The van der Waals surface area contributed by atoms with Crippen molar-refractivity contribution < 1.29 is 42.9 Å². The Morgan fingerprint density at radius 1 is 1.07 bits per heavy atom. The number of benzene rings is 2. The van der Waals surface area contributed by atoms with E-state index in [0.29, 0.717) is 42.6 Å². The van der Waals surface area contributed by atoms with Gasteiger partial charge >= 0.3 is 12.1 Å². The standard InChI is InChI=1S/C43H55F2N5O7/c1-9-49-34-15-14-27(22-31(34)32(23-43(6,7)24-51)37(49)30-12-10-16-46-36(30)25(2)56-8)28-18-26(19-29(21-28)38(44)45)20-33(48-41(55)57-42(3,4)5)39(52)50-35(40(53)54)13-11-17-47-50/h10,12,14-16,18-19,21-22,25,33,35,38,47,51H,9,11,13,17,20,23-24H2,1-8H3,(H,48,55)(H,53,54)/t25-,33?,35?/m0/s1. The van der Waals surface area contributed by atoms with Crippen molar-refractivity contribution in [3.05, 3.63) is 77.1 Å². The molecule has 4 N–H and O–H groups in total. The van der Waals surface area contributed by atoms with Crippen LogP contribution in [0.1, 0.15) is 96.2 Å². The molecule has 12 nitrogen and oxygen atoms in total. The van der Waals surface area contributed by atoms with Crippen LogP contribution >= 0.6 is 0 Å². The van der Waals surface area contributed by atoms with Crippen molar-refractivity contribution >= 4 is 28.9 Å². The number of aryl methyl sites for hydroxylation is 1. The van der Waals surface area contributed by atoms with Crippen LogP contribution in [-0.4, -0.2) is 80.7 Å². The fourth-order valence-corrected chi connectivity index (χ4v) is 7.39. The van der Waals surface area contributed by atoms with E-state index >= 15 is 0 Å². The number of hydrazine groups is 1. The number of aliphatic hydroxyl groups excluding tert-OH is 1. The highest BCUT2D eigenvalue weighted by atomic mass is 19.3. The van der Waals surface area contributed by atoms with Crippen molar-refractivity contribution in [2.24, 2.45) is 5.41 Å². The molecule has 0 aliphatic carbocycles. The number of carbonyl (C=O) groups excluding carboxylic acids is 2. The lowest BCUT2D eigenvalue weighted by Gasteiger charge is -2.36. The topological polar surface area (TPSA) is 155 Å². The zero-order valence-corrected chi connectivity index (χ0v) is 34.0. The molecule has 0 saturated carbocycles. The number of alkyl carbamates (subject to hydrolysis) is 1. The first kappa shape index (κ1) is 43.2. The molecule has 1 saturated heterocycles. The van der Waals surface area contributed by atoms with Gasteiger partial charge in [-0.1, -0.05) is 32.0 Å². The molecular weight excluding hydrogens is 736 g/mol. The first-order chi connectivity index (χ1) is 26.9. The minimum absolute atomic E-state index is 0.0729. The summed E-state index contributed by atoms with van der Waals surface area (Å²) in [6.45, 7) is 13.8. The molecule has 2 amide bonds. The molecule has 0 bridgehead atoms.